The van der Waals surface area contributed by atoms with Crippen LogP contribution in [0.1, 0.15) is 62.5 Å². The maximum atomic E-state index is 13.6. The molecule has 1 aliphatic carbocycles. The van der Waals surface area contributed by atoms with Gasteiger partial charge in [0.2, 0.25) is 0 Å². The number of nitrogens with two attached hydrogens (primary N) is 1. The number of nitrogens with one attached hydrogen (secondary N) is 1. The average Bonchev–Trinajstić information content (AvgIpc) is 3.12. The van der Waals surface area contributed by atoms with Crippen LogP contribution in [0.4, 0.5) is 10.5 Å². The van der Waals surface area contributed by atoms with Crippen molar-refractivity contribution in [2.24, 2.45) is 17.1 Å². The zero-order valence-electron chi connectivity index (χ0n) is 16.3. The standard InChI is InChI=1S/C19H26BrN3O4S/c1-18(2,3)19(9-10-6-4-5-7-12(10)23(19)17(26)27)16(25)22-11-8-13(20)28-14(11)15(21)24/h8,10,12H,4-7,9H2,1-3H3,(H2,21,24)(H,22,25)(H,26,27)/t10-,12-,19+/m0/s1. The van der Waals surface area contributed by atoms with Crippen molar-refractivity contribution < 1.29 is 19.5 Å². The second-order valence-electron chi connectivity index (χ2n) is 8.69. The first-order valence-electron chi connectivity index (χ1n) is 9.42. The molecule has 4 N–H and O–H groups in total. The minimum absolute atomic E-state index is 0.152. The molecule has 3 rings (SSSR count). The largest absolute Gasteiger partial charge is 0.465 e. The number of hydrogen-bond acceptors (Lipinski definition) is 4. The van der Waals surface area contributed by atoms with Gasteiger partial charge in [0.1, 0.15) is 10.4 Å². The molecule has 3 amide bonds. The fourth-order valence-electron chi connectivity index (χ4n) is 4.90. The molecule has 2 heterocycles. The van der Waals surface area contributed by atoms with Crippen molar-refractivity contribution in [3.05, 3.63) is 14.7 Å². The van der Waals surface area contributed by atoms with Crippen molar-refractivity contribution in [1.29, 1.82) is 0 Å². The van der Waals surface area contributed by atoms with Gasteiger partial charge in [0.05, 0.1) is 9.47 Å². The number of amides is 3. The van der Waals surface area contributed by atoms with Gasteiger partial charge in [-0.2, -0.15) is 0 Å². The molecular formula is C19H26BrN3O4S. The number of nitrogens with zero attached hydrogens (tertiary/aromatic N) is 1. The van der Waals surface area contributed by atoms with Gasteiger partial charge in [0, 0.05) is 6.04 Å². The third kappa shape index (κ3) is 3.32. The summed E-state index contributed by atoms with van der Waals surface area (Å²) in [6, 6.07) is 1.48. The number of thiophene rings is 1. The number of anilines is 1. The molecule has 0 bridgehead atoms. The first kappa shape index (κ1) is 21.1. The Labute approximate surface area is 176 Å². The molecule has 3 atom stereocenters. The highest BCUT2D eigenvalue weighted by atomic mass is 79.9. The molecule has 1 saturated carbocycles. The van der Waals surface area contributed by atoms with Gasteiger partial charge in [-0.15, -0.1) is 11.3 Å². The quantitative estimate of drug-likeness (QED) is 0.610. The van der Waals surface area contributed by atoms with Crippen molar-refractivity contribution in [2.75, 3.05) is 5.32 Å². The van der Waals surface area contributed by atoms with E-state index in [4.69, 9.17) is 5.73 Å². The number of fused-ring (bicyclic) bond motifs is 1. The molecule has 0 radical (unpaired) electrons. The Morgan fingerprint density at radius 3 is 2.54 bits per heavy atom. The van der Waals surface area contributed by atoms with E-state index in [-0.39, 0.29) is 16.8 Å². The SMILES string of the molecule is CC(C)(C)[C@]1(C(=O)Nc2cc(Br)sc2C(N)=O)C[C@@H]2CCCC[C@@H]2N1C(=O)O. The molecule has 2 fully saturated rings. The van der Waals surface area contributed by atoms with Crippen LogP contribution < -0.4 is 11.1 Å². The summed E-state index contributed by atoms with van der Waals surface area (Å²) in [5.74, 6) is -0.866. The third-order valence-electron chi connectivity index (χ3n) is 6.17. The zero-order chi connectivity index (χ0) is 20.9. The van der Waals surface area contributed by atoms with Crippen LogP contribution in [0.5, 0.6) is 0 Å². The third-order valence-corrected chi connectivity index (χ3v) is 7.82. The summed E-state index contributed by atoms with van der Waals surface area (Å²) < 4.78 is 0.664. The van der Waals surface area contributed by atoms with Crippen LogP contribution in [0.25, 0.3) is 0 Å². The summed E-state index contributed by atoms with van der Waals surface area (Å²) in [5, 5.41) is 12.9. The normalized spacial score (nSPS) is 27.4. The first-order chi connectivity index (χ1) is 13.0. The van der Waals surface area contributed by atoms with Crippen molar-refractivity contribution in [3.8, 4) is 0 Å². The maximum Gasteiger partial charge on any atom is 0.408 e. The van der Waals surface area contributed by atoms with Gasteiger partial charge in [-0.05, 0) is 52.6 Å². The van der Waals surface area contributed by atoms with E-state index < -0.39 is 28.9 Å². The number of primary amides is 1. The maximum absolute atomic E-state index is 13.6. The highest BCUT2D eigenvalue weighted by Gasteiger charge is 2.63. The van der Waals surface area contributed by atoms with Crippen LogP contribution in [-0.2, 0) is 4.79 Å². The van der Waals surface area contributed by atoms with Crippen molar-refractivity contribution in [2.45, 2.75) is 64.5 Å². The van der Waals surface area contributed by atoms with E-state index in [9.17, 15) is 19.5 Å². The van der Waals surface area contributed by atoms with E-state index in [0.717, 1.165) is 37.0 Å². The van der Waals surface area contributed by atoms with E-state index in [1.165, 1.54) is 4.90 Å². The number of likely N-dealkylation sites (tertiary alicyclic amines) is 1. The van der Waals surface area contributed by atoms with E-state index in [0.29, 0.717) is 15.9 Å². The smallest absolute Gasteiger partial charge is 0.408 e. The Kier molecular flexibility index (Phi) is 5.53. The van der Waals surface area contributed by atoms with Gasteiger partial charge in [-0.1, -0.05) is 33.6 Å². The van der Waals surface area contributed by atoms with E-state index in [1.807, 2.05) is 20.8 Å². The second kappa shape index (κ2) is 7.33. The molecule has 9 heteroatoms. The topological polar surface area (TPSA) is 113 Å². The summed E-state index contributed by atoms with van der Waals surface area (Å²) in [5.41, 5.74) is 3.91. The van der Waals surface area contributed by atoms with Crippen LogP contribution in [0.3, 0.4) is 0 Å². The number of carboxylic acid groups (broad SMARTS) is 1. The highest BCUT2D eigenvalue weighted by Crippen LogP contribution is 2.53. The molecule has 7 nitrogen and oxygen atoms in total. The monoisotopic (exact) mass is 471 g/mol. The molecule has 1 saturated heterocycles. The second-order valence-corrected chi connectivity index (χ2v) is 11.1. The molecule has 28 heavy (non-hydrogen) atoms. The molecule has 0 aromatic carbocycles. The summed E-state index contributed by atoms with van der Waals surface area (Å²) in [6.07, 6.45) is 3.14. The van der Waals surface area contributed by atoms with Gasteiger partial charge in [0.15, 0.2) is 0 Å². The molecule has 2 aliphatic rings. The fraction of sp³-hybridized carbons (Fsp3) is 0.632. The molecule has 1 aromatic rings. The average molecular weight is 472 g/mol. The van der Waals surface area contributed by atoms with Gasteiger partial charge >= 0.3 is 6.09 Å². The lowest BCUT2D eigenvalue weighted by molar-refractivity contribution is -0.133. The summed E-state index contributed by atoms with van der Waals surface area (Å²) in [6.45, 7) is 5.70. The van der Waals surface area contributed by atoms with E-state index in [2.05, 4.69) is 21.2 Å². The lowest BCUT2D eigenvalue weighted by Crippen LogP contribution is -2.64. The van der Waals surface area contributed by atoms with Crippen molar-refractivity contribution >= 4 is 50.9 Å². The Bertz CT molecular complexity index is 819. The van der Waals surface area contributed by atoms with Crippen LogP contribution in [0.15, 0.2) is 9.85 Å². The molecule has 1 aromatic heterocycles. The number of rotatable bonds is 3. The van der Waals surface area contributed by atoms with Crippen molar-refractivity contribution in [1.82, 2.24) is 4.90 Å². The van der Waals surface area contributed by atoms with Crippen LogP contribution in [-0.4, -0.2) is 39.5 Å². The predicted molar refractivity (Wildman–Crippen MR) is 112 cm³/mol. The van der Waals surface area contributed by atoms with Crippen molar-refractivity contribution in [3.63, 3.8) is 0 Å². The van der Waals surface area contributed by atoms with Gasteiger partial charge < -0.3 is 16.2 Å². The van der Waals surface area contributed by atoms with Crippen LogP contribution in [0, 0.1) is 11.3 Å². The number of carbonyl (C=O) groups is 3. The van der Waals surface area contributed by atoms with E-state index in [1.54, 1.807) is 6.07 Å². The minimum atomic E-state index is -1.22. The van der Waals surface area contributed by atoms with Crippen LogP contribution >= 0.6 is 27.3 Å². The summed E-state index contributed by atoms with van der Waals surface area (Å²) in [4.78, 5) is 39.4. The van der Waals surface area contributed by atoms with Gasteiger partial charge in [-0.3, -0.25) is 14.5 Å². The predicted octanol–water partition coefficient (Wildman–Crippen LogP) is 4.28. The number of halogens is 1. The molecular weight excluding hydrogens is 446 g/mol. The Morgan fingerprint density at radius 1 is 1.32 bits per heavy atom. The Morgan fingerprint density at radius 2 is 1.96 bits per heavy atom. The highest BCUT2D eigenvalue weighted by molar-refractivity contribution is 9.11. The minimum Gasteiger partial charge on any atom is -0.465 e. The number of carbonyl (C=O) groups excluding carboxylic acids is 2. The fourth-order valence-corrected chi connectivity index (χ4v) is 6.31. The van der Waals surface area contributed by atoms with Crippen LogP contribution in [0.2, 0.25) is 0 Å². The number of hydrogen-bond donors (Lipinski definition) is 3. The lowest BCUT2D eigenvalue weighted by Gasteiger charge is -2.46. The Hall–Kier alpha value is -1.61. The summed E-state index contributed by atoms with van der Waals surface area (Å²) in [7, 11) is 0. The van der Waals surface area contributed by atoms with E-state index >= 15 is 0 Å². The summed E-state index contributed by atoms with van der Waals surface area (Å²) >= 11 is 4.46. The van der Waals surface area contributed by atoms with Gasteiger partial charge in [-0.25, -0.2) is 4.79 Å². The zero-order valence-corrected chi connectivity index (χ0v) is 18.7. The first-order valence-corrected chi connectivity index (χ1v) is 11.0. The lowest BCUT2D eigenvalue weighted by atomic mass is 9.69. The molecule has 154 valence electrons. The molecule has 0 spiro atoms. The Balaban J connectivity index is 2.06. The van der Waals surface area contributed by atoms with Gasteiger partial charge in [0.25, 0.3) is 11.8 Å². The molecule has 1 aliphatic heterocycles. The molecule has 0 unspecified atom stereocenters.